The maximum Gasteiger partial charge on any atom is 0.260 e. The number of benzene rings is 2. The number of halogens is 2. The van der Waals surface area contributed by atoms with Crippen molar-refractivity contribution in [2.45, 2.75) is 13.5 Å². The van der Waals surface area contributed by atoms with E-state index in [1.54, 1.807) is 19.2 Å². The van der Waals surface area contributed by atoms with Crippen molar-refractivity contribution in [3.63, 3.8) is 0 Å². The zero-order valence-electron chi connectivity index (χ0n) is 13.4. The largest absolute Gasteiger partial charge is 0.483 e. The summed E-state index contributed by atoms with van der Waals surface area (Å²) >= 11 is 0. The lowest BCUT2D eigenvalue weighted by atomic mass is 10.1. The molecule has 1 amide bonds. The lowest BCUT2D eigenvalue weighted by Gasteiger charge is -2.18. The zero-order valence-corrected chi connectivity index (χ0v) is 13.4. The first-order valence-electron chi connectivity index (χ1n) is 7.28. The highest BCUT2D eigenvalue weighted by Gasteiger charge is 2.14. The van der Waals surface area contributed by atoms with E-state index in [9.17, 15) is 18.4 Å². The topological polar surface area (TPSA) is 46.6 Å². The zero-order chi connectivity index (χ0) is 17.7. The highest BCUT2D eigenvalue weighted by atomic mass is 19.1. The monoisotopic (exact) mass is 333 g/mol. The quantitative estimate of drug-likeness (QED) is 0.763. The smallest absolute Gasteiger partial charge is 0.260 e. The first-order valence-corrected chi connectivity index (χ1v) is 7.28. The summed E-state index contributed by atoms with van der Waals surface area (Å²) in [6.07, 6.45) is 0. The van der Waals surface area contributed by atoms with Crippen LogP contribution in [0.1, 0.15) is 22.8 Å². The summed E-state index contributed by atoms with van der Waals surface area (Å²) < 4.78 is 31.4. The molecule has 0 saturated heterocycles. The van der Waals surface area contributed by atoms with Crippen molar-refractivity contribution in [3.05, 3.63) is 65.2 Å². The Morgan fingerprint density at radius 1 is 1.04 bits per heavy atom. The maximum absolute atomic E-state index is 13.2. The molecule has 2 aromatic rings. The van der Waals surface area contributed by atoms with Gasteiger partial charge in [0.15, 0.2) is 12.4 Å². The molecule has 0 fully saturated rings. The Labute approximate surface area is 138 Å². The molecular formula is C18H17F2NO3. The van der Waals surface area contributed by atoms with E-state index in [-0.39, 0.29) is 35.4 Å². The maximum atomic E-state index is 13.2. The van der Waals surface area contributed by atoms with Crippen LogP contribution in [-0.2, 0) is 11.3 Å². The lowest BCUT2D eigenvalue weighted by Crippen LogP contribution is -2.31. The van der Waals surface area contributed by atoms with Gasteiger partial charge in [0.25, 0.3) is 5.91 Å². The van der Waals surface area contributed by atoms with Gasteiger partial charge < -0.3 is 9.64 Å². The molecule has 0 heterocycles. The number of nitrogens with zero attached hydrogens (tertiary/aromatic N) is 1. The van der Waals surface area contributed by atoms with Gasteiger partial charge in [0, 0.05) is 13.6 Å². The molecule has 0 aliphatic heterocycles. The third-order valence-corrected chi connectivity index (χ3v) is 3.43. The van der Waals surface area contributed by atoms with Gasteiger partial charge in [-0.1, -0.05) is 12.1 Å². The second-order valence-electron chi connectivity index (χ2n) is 5.36. The van der Waals surface area contributed by atoms with Crippen molar-refractivity contribution in [2.24, 2.45) is 0 Å². The SMILES string of the molecule is CC(=O)c1cc(F)ccc1OCC(=O)N(C)Cc1ccc(F)cc1. The molecule has 0 unspecified atom stereocenters. The summed E-state index contributed by atoms with van der Waals surface area (Å²) in [7, 11) is 1.59. The van der Waals surface area contributed by atoms with Gasteiger partial charge in [0.1, 0.15) is 17.4 Å². The summed E-state index contributed by atoms with van der Waals surface area (Å²) in [4.78, 5) is 25.0. The van der Waals surface area contributed by atoms with Crippen molar-refractivity contribution < 1.29 is 23.1 Å². The molecule has 0 radical (unpaired) electrons. The number of Topliss-reactive ketones (excluding diaryl/α,β-unsaturated/α-hetero) is 1. The standard InChI is InChI=1S/C18H17F2NO3/c1-12(22)16-9-15(20)7-8-17(16)24-11-18(23)21(2)10-13-3-5-14(19)6-4-13/h3-9H,10-11H2,1-2H3. The Morgan fingerprint density at radius 2 is 1.67 bits per heavy atom. The van der Waals surface area contributed by atoms with Gasteiger partial charge in [0.05, 0.1) is 5.56 Å². The second kappa shape index (κ2) is 7.68. The van der Waals surface area contributed by atoms with E-state index in [2.05, 4.69) is 0 Å². The minimum Gasteiger partial charge on any atom is -0.483 e. The van der Waals surface area contributed by atoms with Gasteiger partial charge in [0.2, 0.25) is 0 Å². The van der Waals surface area contributed by atoms with Gasteiger partial charge in [-0.2, -0.15) is 0 Å². The molecule has 0 aliphatic rings. The summed E-state index contributed by atoms with van der Waals surface area (Å²) in [6, 6.07) is 9.38. The van der Waals surface area contributed by atoms with Gasteiger partial charge >= 0.3 is 0 Å². The molecule has 126 valence electrons. The van der Waals surface area contributed by atoms with Crippen molar-refractivity contribution in [3.8, 4) is 5.75 Å². The van der Waals surface area contributed by atoms with E-state index < -0.39 is 5.82 Å². The fourth-order valence-electron chi connectivity index (χ4n) is 2.10. The number of ketones is 1. The first-order chi connectivity index (χ1) is 11.4. The number of rotatable bonds is 6. The minimum atomic E-state index is -0.549. The van der Waals surface area contributed by atoms with Crippen LogP contribution in [0.3, 0.4) is 0 Å². The average Bonchev–Trinajstić information content (AvgIpc) is 2.55. The minimum absolute atomic E-state index is 0.0870. The Kier molecular flexibility index (Phi) is 5.63. The van der Waals surface area contributed by atoms with E-state index >= 15 is 0 Å². The number of carbonyl (C=O) groups excluding carboxylic acids is 2. The van der Waals surface area contributed by atoms with Gasteiger partial charge in [-0.05, 0) is 42.8 Å². The molecule has 24 heavy (non-hydrogen) atoms. The number of ether oxygens (including phenoxy) is 1. The normalized spacial score (nSPS) is 10.3. The number of hydrogen-bond acceptors (Lipinski definition) is 3. The Balaban J connectivity index is 1.97. The van der Waals surface area contributed by atoms with E-state index in [1.165, 1.54) is 30.0 Å². The fraction of sp³-hybridized carbons (Fsp3) is 0.222. The first kappa shape index (κ1) is 17.6. The highest BCUT2D eigenvalue weighted by Crippen LogP contribution is 2.20. The third-order valence-electron chi connectivity index (χ3n) is 3.43. The van der Waals surface area contributed by atoms with Crippen LogP contribution in [0, 0.1) is 11.6 Å². The molecule has 0 aromatic heterocycles. The van der Waals surface area contributed by atoms with E-state index in [1.807, 2.05) is 0 Å². The molecule has 2 rings (SSSR count). The van der Waals surface area contributed by atoms with Gasteiger partial charge in [-0.25, -0.2) is 8.78 Å². The van der Waals surface area contributed by atoms with Crippen LogP contribution < -0.4 is 4.74 Å². The van der Waals surface area contributed by atoms with Crippen LogP contribution >= 0.6 is 0 Å². The van der Waals surface area contributed by atoms with Crippen LogP contribution in [0.15, 0.2) is 42.5 Å². The molecular weight excluding hydrogens is 316 g/mol. The number of amides is 1. The average molecular weight is 333 g/mol. The van der Waals surface area contributed by atoms with E-state index in [0.717, 1.165) is 17.7 Å². The number of likely N-dealkylation sites (N-methyl/N-ethyl adjacent to an activating group) is 1. The lowest BCUT2D eigenvalue weighted by molar-refractivity contribution is -0.132. The van der Waals surface area contributed by atoms with E-state index in [0.29, 0.717) is 6.54 Å². The fourth-order valence-corrected chi connectivity index (χ4v) is 2.10. The molecule has 2 aromatic carbocycles. The van der Waals surface area contributed by atoms with Crippen LogP contribution in [0.4, 0.5) is 8.78 Å². The van der Waals surface area contributed by atoms with Crippen LogP contribution in [0.2, 0.25) is 0 Å². The Hall–Kier alpha value is -2.76. The summed E-state index contributed by atoms with van der Waals surface area (Å²) in [5.74, 6) is -1.40. The van der Waals surface area contributed by atoms with Gasteiger partial charge in [-0.15, -0.1) is 0 Å². The number of hydrogen-bond donors (Lipinski definition) is 0. The Morgan fingerprint density at radius 3 is 2.29 bits per heavy atom. The van der Waals surface area contributed by atoms with Crippen LogP contribution in [0.25, 0.3) is 0 Å². The van der Waals surface area contributed by atoms with E-state index in [4.69, 9.17) is 4.74 Å². The molecule has 6 heteroatoms. The molecule has 0 aliphatic carbocycles. The van der Waals surface area contributed by atoms with Crippen molar-refractivity contribution in [2.75, 3.05) is 13.7 Å². The molecule has 0 spiro atoms. The predicted octanol–water partition coefficient (Wildman–Crippen LogP) is 3.20. The Bertz CT molecular complexity index is 744. The summed E-state index contributed by atoms with van der Waals surface area (Å²) in [5, 5.41) is 0. The molecule has 0 bridgehead atoms. The predicted molar refractivity (Wildman–Crippen MR) is 84.8 cm³/mol. The van der Waals surface area contributed by atoms with Crippen molar-refractivity contribution in [1.82, 2.24) is 4.90 Å². The van der Waals surface area contributed by atoms with Crippen LogP contribution in [0.5, 0.6) is 5.75 Å². The summed E-state index contributed by atoms with van der Waals surface area (Å²) in [6.45, 7) is 1.30. The van der Waals surface area contributed by atoms with Gasteiger partial charge in [-0.3, -0.25) is 9.59 Å². The van der Waals surface area contributed by atoms with Crippen molar-refractivity contribution in [1.29, 1.82) is 0 Å². The number of carbonyl (C=O) groups is 2. The third kappa shape index (κ3) is 4.62. The van der Waals surface area contributed by atoms with Crippen molar-refractivity contribution >= 4 is 11.7 Å². The molecule has 0 N–H and O–H groups in total. The van der Waals surface area contributed by atoms with Crippen LogP contribution in [-0.4, -0.2) is 30.2 Å². The molecule has 4 nitrogen and oxygen atoms in total. The molecule has 0 atom stereocenters. The second-order valence-corrected chi connectivity index (χ2v) is 5.36. The summed E-state index contributed by atoms with van der Waals surface area (Å²) in [5.41, 5.74) is 0.863. The highest BCUT2D eigenvalue weighted by molar-refractivity contribution is 5.96. The molecule has 0 saturated carbocycles.